The van der Waals surface area contributed by atoms with E-state index in [1.165, 1.54) is 0 Å². The number of hydrogen-bond acceptors (Lipinski definition) is 3. The number of nitrogens with one attached hydrogen (secondary N) is 1. The van der Waals surface area contributed by atoms with E-state index in [4.69, 9.17) is 9.47 Å². The van der Waals surface area contributed by atoms with Gasteiger partial charge in [0.25, 0.3) is 6.43 Å². The van der Waals surface area contributed by atoms with Gasteiger partial charge in [0.1, 0.15) is 12.4 Å². The first-order chi connectivity index (χ1) is 9.19. The maximum absolute atomic E-state index is 12.0. The van der Waals surface area contributed by atoms with Crippen LogP contribution in [-0.2, 0) is 4.74 Å². The second-order valence-electron chi connectivity index (χ2n) is 4.07. The number of ether oxygens (including phenoxy) is 2. The lowest BCUT2D eigenvalue weighted by atomic mass is 10.0. The lowest BCUT2D eigenvalue weighted by Crippen LogP contribution is -2.20. The van der Waals surface area contributed by atoms with Crippen molar-refractivity contribution in [1.82, 2.24) is 5.32 Å². The zero-order valence-electron chi connectivity index (χ0n) is 11.4. The SMILES string of the molecule is CCOc1ccccc1C(CCOCC(F)F)NC. The molecule has 0 aliphatic rings. The lowest BCUT2D eigenvalue weighted by Gasteiger charge is -2.19. The summed E-state index contributed by atoms with van der Waals surface area (Å²) in [4.78, 5) is 0. The van der Waals surface area contributed by atoms with E-state index < -0.39 is 13.0 Å². The van der Waals surface area contributed by atoms with Crippen molar-refractivity contribution in [3.8, 4) is 5.75 Å². The van der Waals surface area contributed by atoms with Crippen LogP contribution in [0.1, 0.15) is 24.9 Å². The van der Waals surface area contributed by atoms with Gasteiger partial charge in [-0.05, 0) is 26.5 Å². The van der Waals surface area contributed by atoms with Gasteiger partial charge in [0.05, 0.1) is 6.61 Å². The minimum Gasteiger partial charge on any atom is -0.494 e. The number of hydrogen-bond donors (Lipinski definition) is 1. The van der Waals surface area contributed by atoms with Crippen LogP contribution in [0.5, 0.6) is 5.75 Å². The monoisotopic (exact) mass is 273 g/mol. The molecule has 0 saturated carbocycles. The van der Waals surface area contributed by atoms with Crippen molar-refractivity contribution < 1.29 is 18.3 Å². The Labute approximate surface area is 112 Å². The molecule has 108 valence electrons. The summed E-state index contributed by atoms with van der Waals surface area (Å²) in [6.45, 7) is 2.30. The summed E-state index contributed by atoms with van der Waals surface area (Å²) in [6, 6.07) is 7.75. The molecule has 19 heavy (non-hydrogen) atoms. The number of para-hydroxylation sites is 1. The predicted octanol–water partition coefficient (Wildman–Crippen LogP) is 3.02. The van der Waals surface area contributed by atoms with E-state index >= 15 is 0 Å². The van der Waals surface area contributed by atoms with Crippen LogP contribution in [0.4, 0.5) is 8.78 Å². The number of alkyl halides is 2. The fourth-order valence-electron chi connectivity index (χ4n) is 1.88. The van der Waals surface area contributed by atoms with E-state index in [9.17, 15) is 8.78 Å². The highest BCUT2D eigenvalue weighted by molar-refractivity contribution is 5.35. The van der Waals surface area contributed by atoms with Crippen LogP contribution in [0.3, 0.4) is 0 Å². The molecule has 0 spiro atoms. The molecule has 3 nitrogen and oxygen atoms in total. The molecule has 0 aliphatic heterocycles. The Morgan fingerprint density at radius 3 is 2.63 bits per heavy atom. The minimum absolute atomic E-state index is 0.0282. The van der Waals surface area contributed by atoms with Crippen molar-refractivity contribution in [2.24, 2.45) is 0 Å². The standard InChI is InChI=1S/C14H21F2NO2/c1-3-19-13-7-5-4-6-11(13)12(17-2)8-9-18-10-14(15)16/h4-7,12,14,17H,3,8-10H2,1-2H3. The molecule has 1 aromatic carbocycles. The number of rotatable bonds is 9. The Balaban J connectivity index is 2.58. The molecule has 1 unspecified atom stereocenters. The van der Waals surface area contributed by atoms with Gasteiger partial charge in [0.2, 0.25) is 0 Å². The molecule has 0 bridgehead atoms. The van der Waals surface area contributed by atoms with Gasteiger partial charge in [-0.2, -0.15) is 0 Å². The van der Waals surface area contributed by atoms with E-state index in [1.807, 2.05) is 38.2 Å². The molecule has 5 heteroatoms. The van der Waals surface area contributed by atoms with Crippen molar-refractivity contribution in [3.63, 3.8) is 0 Å². The molecule has 1 rings (SSSR count). The van der Waals surface area contributed by atoms with Gasteiger partial charge in [0, 0.05) is 18.2 Å². The Hall–Kier alpha value is -1.20. The third-order valence-corrected chi connectivity index (χ3v) is 2.74. The Kier molecular flexibility index (Phi) is 7.36. The van der Waals surface area contributed by atoms with Crippen LogP contribution in [-0.4, -0.2) is 33.3 Å². The smallest absolute Gasteiger partial charge is 0.261 e. The van der Waals surface area contributed by atoms with Crippen LogP contribution in [0, 0.1) is 0 Å². The topological polar surface area (TPSA) is 30.5 Å². The van der Waals surface area contributed by atoms with E-state index in [1.54, 1.807) is 0 Å². The van der Waals surface area contributed by atoms with Gasteiger partial charge in [-0.15, -0.1) is 0 Å². The maximum Gasteiger partial charge on any atom is 0.261 e. The van der Waals surface area contributed by atoms with Crippen LogP contribution in [0.15, 0.2) is 24.3 Å². The molecule has 0 aromatic heterocycles. The van der Waals surface area contributed by atoms with Gasteiger partial charge in [0.15, 0.2) is 0 Å². The average Bonchev–Trinajstić information content (AvgIpc) is 2.40. The van der Waals surface area contributed by atoms with E-state index in [-0.39, 0.29) is 12.6 Å². The van der Waals surface area contributed by atoms with Crippen LogP contribution in [0.25, 0.3) is 0 Å². The van der Waals surface area contributed by atoms with Crippen LogP contribution in [0.2, 0.25) is 0 Å². The normalized spacial score (nSPS) is 12.7. The number of halogens is 2. The summed E-state index contributed by atoms with van der Waals surface area (Å²) in [5.41, 5.74) is 1.02. The minimum atomic E-state index is -2.41. The highest BCUT2D eigenvalue weighted by Crippen LogP contribution is 2.27. The molecular formula is C14H21F2NO2. The molecule has 0 heterocycles. The molecule has 1 N–H and O–H groups in total. The highest BCUT2D eigenvalue weighted by Gasteiger charge is 2.14. The van der Waals surface area contributed by atoms with Crippen molar-refractivity contribution in [2.75, 3.05) is 26.9 Å². The first-order valence-corrected chi connectivity index (χ1v) is 6.43. The Bertz CT molecular complexity index is 361. The largest absolute Gasteiger partial charge is 0.494 e. The fourth-order valence-corrected chi connectivity index (χ4v) is 1.88. The summed E-state index contributed by atoms with van der Waals surface area (Å²) in [5.74, 6) is 0.818. The van der Waals surface area contributed by atoms with Crippen molar-refractivity contribution in [2.45, 2.75) is 25.8 Å². The molecule has 0 saturated heterocycles. The average molecular weight is 273 g/mol. The Morgan fingerprint density at radius 2 is 2.00 bits per heavy atom. The molecule has 0 fully saturated rings. The zero-order chi connectivity index (χ0) is 14.1. The quantitative estimate of drug-likeness (QED) is 0.702. The first-order valence-electron chi connectivity index (χ1n) is 6.43. The summed E-state index contributed by atoms with van der Waals surface area (Å²) in [7, 11) is 1.83. The van der Waals surface area contributed by atoms with Crippen LogP contribution >= 0.6 is 0 Å². The van der Waals surface area contributed by atoms with Crippen molar-refractivity contribution in [3.05, 3.63) is 29.8 Å². The second kappa shape index (κ2) is 8.82. The van der Waals surface area contributed by atoms with Crippen molar-refractivity contribution >= 4 is 0 Å². The summed E-state index contributed by atoms with van der Waals surface area (Å²) in [6.07, 6.45) is -1.79. The van der Waals surface area contributed by atoms with Gasteiger partial charge in [-0.1, -0.05) is 18.2 Å². The Morgan fingerprint density at radius 1 is 1.26 bits per heavy atom. The van der Waals surface area contributed by atoms with Gasteiger partial charge in [-0.3, -0.25) is 0 Å². The van der Waals surface area contributed by atoms with E-state index in [0.717, 1.165) is 11.3 Å². The number of benzene rings is 1. The summed E-state index contributed by atoms with van der Waals surface area (Å²) in [5, 5.41) is 3.16. The highest BCUT2D eigenvalue weighted by atomic mass is 19.3. The molecule has 0 amide bonds. The first kappa shape index (κ1) is 15.9. The third-order valence-electron chi connectivity index (χ3n) is 2.74. The summed E-state index contributed by atoms with van der Waals surface area (Å²) >= 11 is 0. The van der Waals surface area contributed by atoms with Gasteiger partial charge < -0.3 is 14.8 Å². The molecular weight excluding hydrogens is 252 g/mol. The maximum atomic E-state index is 12.0. The van der Waals surface area contributed by atoms with Crippen LogP contribution < -0.4 is 10.1 Å². The van der Waals surface area contributed by atoms with E-state index in [2.05, 4.69) is 5.32 Å². The van der Waals surface area contributed by atoms with E-state index in [0.29, 0.717) is 13.0 Å². The lowest BCUT2D eigenvalue weighted by molar-refractivity contribution is 0.0145. The zero-order valence-corrected chi connectivity index (χ0v) is 11.4. The summed E-state index contributed by atoms with van der Waals surface area (Å²) < 4.78 is 34.4. The second-order valence-corrected chi connectivity index (χ2v) is 4.07. The predicted molar refractivity (Wildman–Crippen MR) is 70.9 cm³/mol. The third kappa shape index (κ3) is 5.53. The van der Waals surface area contributed by atoms with Gasteiger partial charge >= 0.3 is 0 Å². The van der Waals surface area contributed by atoms with Crippen molar-refractivity contribution in [1.29, 1.82) is 0 Å². The fraction of sp³-hybridized carbons (Fsp3) is 0.571. The molecule has 0 aliphatic carbocycles. The molecule has 0 radical (unpaired) electrons. The molecule has 1 aromatic rings. The molecule has 1 atom stereocenters. The van der Waals surface area contributed by atoms with Gasteiger partial charge in [-0.25, -0.2) is 8.78 Å².